The smallest absolute Gasteiger partial charge is 0.268 e. The first kappa shape index (κ1) is 20.3. The van der Waals surface area contributed by atoms with Crippen LogP contribution in [0.15, 0.2) is 64.9 Å². The number of aromatic amines is 1. The summed E-state index contributed by atoms with van der Waals surface area (Å²) in [5, 5.41) is 12.2. The van der Waals surface area contributed by atoms with Crippen LogP contribution in [0.25, 0.3) is 21.8 Å². The summed E-state index contributed by atoms with van der Waals surface area (Å²) in [5.74, 6) is -0.113. The Labute approximate surface area is 189 Å². The van der Waals surface area contributed by atoms with E-state index in [2.05, 4.69) is 44.5 Å². The summed E-state index contributed by atoms with van der Waals surface area (Å²) in [4.78, 5) is 23.6. The number of nitrogens with one attached hydrogen (secondary N) is 2. The number of hydrogen-bond donors (Lipinski definition) is 2. The molecule has 0 saturated heterocycles. The van der Waals surface area contributed by atoms with Crippen molar-refractivity contribution in [3.05, 3.63) is 77.6 Å². The van der Waals surface area contributed by atoms with Crippen LogP contribution in [0.3, 0.4) is 0 Å². The largest absolute Gasteiger partial charge is 0.347 e. The van der Waals surface area contributed by atoms with E-state index in [9.17, 15) is 4.79 Å². The van der Waals surface area contributed by atoms with Crippen LogP contribution in [0.2, 0.25) is 0 Å². The number of nitrogens with zero attached hydrogens (tertiary/aromatic N) is 4. The molecule has 0 unspecified atom stereocenters. The van der Waals surface area contributed by atoms with Gasteiger partial charge in [-0.05, 0) is 49.2 Å². The average molecular weight is 443 g/mol. The highest BCUT2D eigenvalue weighted by Gasteiger charge is 2.17. The minimum Gasteiger partial charge on any atom is -0.347 e. The summed E-state index contributed by atoms with van der Waals surface area (Å²) in [7, 11) is 1.92. The van der Waals surface area contributed by atoms with Crippen molar-refractivity contribution in [2.45, 2.75) is 30.2 Å². The maximum atomic E-state index is 13.0. The molecule has 0 aliphatic rings. The van der Waals surface area contributed by atoms with E-state index >= 15 is 0 Å². The molecule has 0 bridgehead atoms. The normalized spacial score (nSPS) is 11.3. The minimum atomic E-state index is -0.113. The number of amides is 1. The molecule has 2 N–H and O–H groups in total. The summed E-state index contributed by atoms with van der Waals surface area (Å²) < 4.78 is 1.94. The Hall–Kier alpha value is -3.65. The first-order valence-electron chi connectivity index (χ1n) is 10.2. The van der Waals surface area contributed by atoms with Gasteiger partial charge in [0.1, 0.15) is 12.0 Å². The van der Waals surface area contributed by atoms with E-state index < -0.39 is 0 Å². The van der Waals surface area contributed by atoms with Crippen LogP contribution < -0.4 is 5.32 Å². The van der Waals surface area contributed by atoms with Crippen LogP contribution in [-0.4, -0.2) is 30.6 Å². The first-order chi connectivity index (χ1) is 15.5. The van der Waals surface area contributed by atoms with Crippen molar-refractivity contribution >= 4 is 39.5 Å². The van der Waals surface area contributed by atoms with Gasteiger partial charge in [-0.2, -0.15) is 5.10 Å². The third kappa shape index (κ3) is 3.62. The fraction of sp³-hybridized carbons (Fsp3) is 0.167. The van der Waals surface area contributed by atoms with E-state index in [0.717, 1.165) is 48.4 Å². The Kier molecular flexibility index (Phi) is 5.14. The Morgan fingerprint density at radius 3 is 2.94 bits per heavy atom. The number of hydrogen-bond acceptors (Lipinski definition) is 5. The van der Waals surface area contributed by atoms with E-state index in [1.807, 2.05) is 49.0 Å². The Balaban J connectivity index is 1.37. The number of aromatic nitrogens is 5. The Bertz CT molecular complexity index is 1460. The molecule has 2 aromatic carbocycles. The van der Waals surface area contributed by atoms with Gasteiger partial charge in [0.05, 0.1) is 17.2 Å². The minimum absolute atomic E-state index is 0.113. The molecular weight excluding hydrogens is 420 g/mol. The fourth-order valence-electron chi connectivity index (χ4n) is 3.86. The number of benzene rings is 2. The Morgan fingerprint density at radius 2 is 2.06 bits per heavy atom. The summed E-state index contributed by atoms with van der Waals surface area (Å²) in [6.45, 7) is 4.51. The van der Waals surface area contributed by atoms with Gasteiger partial charge in [-0.15, -0.1) is 0 Å². The van der Waals surface area contributed by atoms with Crippen molar-refractivity contribution < 1.29 is 4.79 Å². The molecule has 3 heterocycles. The molecule has 5 rings (SSSR count). The summed E-state index contributed by atoms with van der Waals surface area (Å²) in [6.07, 6.45) is 5.15. The lowest BCUT2D eigenvalue weighted by Gasteiger charge is -2.09. The highest BCUT2D eigenvalue weighted by Crippen LogP contribution is 2.34. The molecule has 0 spiro atoms. The zero-order valence-electron chi connectivity index (χ0n) is 18.0. The van der Waals surface area contributed by atoms with Crippen molar-refractivity contribution in [2.75, 3.05) is 0 Å². The van der Waals surface area contributed by atoms with Crippen LogP contribution in [-0.2, 0) is 13.6 Å². The van der Waals surface area contributed by atoms with Crippen LogP contribution in [0.1, 0.15) is 27.3 Å². The van der Waals surface area contributed by atoms with Gasteiger partial charge in [0.2, 0.25) is 0 Å². The first-order valence-corrected chi connectivity index (χ1v) is 11.1. The Morgan fingerprint density at radius 1 is 1.19 bits per heavy atom. The van der Waals surface area contributed by atoms with Crippen LogP contribution in [0.4, 0.5) is 0 Å². The van der Waals surface area contributed by atoms with E-state index in [-0.39, 0.29) is 5.91 Å². The quantitative estimate of drug-likeness (QED) is 0.417. The molecule has 0 saturated carbocycles. The highest BCUT2D eigenvalue weighted by atomic mass is 32.2. The molecule has 5 aromatic rings. The predicted octanol–water partition coefficient (Wildman–Crippen LogP) is 4.54. The second-order valence-corrected chi connectivity index (χ2v) is 8.89. The number of carbonyl (C=O) groups excluding carboxylic acids is 1. The van der Waals surface area contributed by atoms with Gasteiger partial charge in [-0.25, -0.2) is 9.97 Å². The van der Waals surface area contributed by atoms with Gasteiger partial charge in [0.25, 0.3) is 5.91 Å². The standard InChI is InChI=1S/C24H22N6OS/c1-14-7-18(8-17-11-28-29-23(14)17)32-22-9-21(30(3)15(22)2)24(31)26-10-16-5-4-6-20-19(16)12-25-13-27-20/h4-9,11-13H,10H2,1-3H3,(H,26,31)(H,28,29). The number of carbonyl (C=O) groups is 1. The molecule has 7 nitrogen and oxygen atoms in total. The van der Waals surface area contributed by atoms with Gasteiger partial charge in [-0.1, -0.05) is 23.9 Å². The summed E-state index contributed by atoms with van der Waals surface area (Å²) in [5.41, 5.74) is 5.73. The van der Waals surface area contributed by atoms with Crippen LogP contribution in [0.5, 0.6) is 0 Å². The lowest BCUT2D eigenvalue weighted by molar-refractivity contribution is 0.0942. The van der Waals surface area contributed by atoms with Gasteiger partial charge >= 0.3 is 0 Å². The van der Waals surface area contributed by atoms with Gasteiger partial charge in [0.15, 0.2) is 0 Å². The maximum Gasteiger partial charge on any atom is 0.268 e. The second kappa shape index (κ2) is 8.12. The summed E-state index contributed by atoms with van der Waals surface area (Å²) >= 11 is 1.66. The molecule has 0 atom stereocenters. The topological polar surface area (TPSA) is 88.5 Å². The van der Waals surface area contributed by atoms with Crippen LogP contribution >= 0.6 is 11.8 Å². The number of rotatable bonds is 5. The highest BCUT2D eigenvalue weighted by molar-refractivity contribution is 7.99. The monoisotopic (exact) mass is 442 g/mol. The third-order valence-corrected chi connectivity index (χ3v) is 6.85. The molecule has 8 heteroatoms. The molecule has 160 valence electrons. The van der Waals surface area contributed by atoms with Crippen molar-refractivity contribution in [3.8, 4) is 0 Å². The lowest BCUT2D eigenvalue weighted by atomic mass is 10.1. The molecular formula is C24H22N6OS. The zero-order valence-corrected chi connectivity index (χ0v) is 18.8. The maximum absolute atomic E-state index is 13.0. The number of fused-ring (bicyclic) bond motifs is 2. The molecule has 3 aromatic heterocycles. The molecule has 0 fully saturated rings. The van der Waals surface area contributed by atoms with Crippen LogP contribution in [0, 0.1) is 13.8 Å². The number of H-pyrrole nitrogens is 1. The van der Waals surface area contributed by atoms with E-state index in [1.54, 1.807) is 18.0 Å². The third-order valence-electron chi connectivity index (χ3n) is 5.75. The van der Waals surface area contributed by atoms with E-state index in [4.69, 9.17) is 0 Å². The molecule has 0 radical (unpaired) electrons. The molecule has 0 aliphatic carbocycles. The van der Waals surface area contributed by atoms with Gasteiger partial charge in [-0.3, -0.25) is 9.89 Å². The SMILES string of the molecule is Cc1cc(Sc2cc(C(=O)NCc3cccc4ncncc34)n(C)c2C)cc2cn[nH]c12. The van der Waals surface area contributed by atoms with Crippen molar-refractivity contribution in [1.29, 1.82) is 0 Å². The van der Waals surface area contributed by atoms with Gasteiger partial charge < -0.3 is 9.88 Å². The second-order valence-electron chi connectivity index (χ2n) is 7.77. The lowest BCUT2D eigenvalue weighted by Crippen LogP contribution is -2.25. The molecule has 0 aliphatic heterocycles. The fourth-order valence-corrected chi connectivity index (χ4v) is 5.00. The van der Waals surface area contributed by atoms with Crippen molar-refractivity contribution in [3.63, 3.8) is 0 Å². The molecule has 32 heavy (non-hydrogen) atoms. The zero-order chi connectivity index (χ0) is 22.2. The molecule has 1 amide bonds. The van der Waals surface area contributed by atoms with Gasteiger partial charge in [0, 0.05) is 46.0 Å². The van der Waals surface area contributed by atoms with Crippen molar-refractivity contribution in [1.82, 2.24) is 30.0 Å². The van der Waals surface area contributed by atoms with Crippen molar-refractivity contribution in [2.24, 2.45) is 7.05 Å². The van der Waals surface area contributed by atoms with E-state index in [1.165, 1.54) is 6.33 Å². The van der Waals surface area contributed by atoms with E-state index in [0.29, 0.717) is 12.2 Å². The predicted molar refractivity (Wildman–Crippen MR) is 126 cm³/mol. The average Bonchev–Trinajstić information content (AvgIpc) is 3.38. The number of aryl methyl sites for hydroxylation is 1. The summed E-state index contributed by atoms with van der Waals surface area (Å²) in [6, 6.07) is 12.1.